The van der Waals surface area contributed by atoms with Crippen LogP contribution in [-0.4, -0.2) is 51.0 Å². The summed E-state index contributed by atoms with van der Waals surface area (Å²) < 4.78 is 11.1. The minimum absolute atomic E-state index is 0.00349. The van der Waals surface area contributed by atoms with Crippen LogP contribution in [0.5, 0.6) is 0 Å². The lowest BCUT2D eigenvalue weighted by molar-refractivity contribution is -0.117. The number of anilines is 3. The molecule has 1 aliphatic carbocycles. The molecule has 1 heterocycles. The molecule has 48 heavy (non-hydrogen) atoms. The lowest BCUT2D eigenvalue weighted by atomic mass is 10.0. The Kier molecular flexibility index (Phi) is 10.7. The van der Waals surface area contributed by atoms with E-state index >= 15 is 0 Å². The van der Waals surface area contributed by atoms with Crippen molar-refractivity contribution in [1.29, 1.82) is 0 Å². The highest BCUT2D eigenvalue weighted by Gasteiger charge is 2.34. The first kappa shape index (κ1) is 33.3. The van der Waals surface area contributed by atoms with E-state index in [0.29, 0.717) is 0 Å². The van der Waals surface area contributed by atoms with Crippen LogP contribution in [0.15, 0.2) is 91.5 Å². The molecule has 1 fully saturated rings. The van der Waals surface area contributed by atoms with Crippen LogP contribution in [-0.2, 0) is 27.5 Å². The minimum Gasteiger partial charge on any atom is -0.457 e. The van der Waals surface area contributed by atoms with Crippen molar-refractivity contribution in [1.82, 2.24) is 20.5 Å². The summed E-state index contributed by atoms with van der Waals surface area (Å²) in [6.45, 7) is 5.48. The Hall–Kier alpha value is -6.11. The Labute approximate surface area is 277 Å². The lowest BCUT2D eigenvalue weighted by Gasteiger charge is -2.22. The maximum Gasteiger partial charge on any atom is 0.339 e. The van der Waals surface area contributed by atoms with Gasteiger partial charge in [-0.25, -0.2) is 9.59 Å². The SMILES string of the molecule is C=CC(=O)NC1CC[C@@H](Nc2nnc(C(N)=O)c(Nc3ccc(C(=O)OCc4ccccc4)c(C(=O)OCc4ccccc4)c3)n2)[C@H]1C. The molecule has 1 unspecified atom stereocenters. The highest BCUT2D eigenvalue weighted by Crippen LogP contribution is 2.29. The molecule has 0 saturated heterocycles. The molecule has 3 aromatic carbocycles. The van der Waals surface area contributed by atoms with E-state index in [4.69, 9.17) is 15.2 Å². The van der Waals surface area contributed by atoms with Crippen LogP contribution in [0, 0.1) is 5.92 Å². The zero-order chi connectivity index (χ0) is 34.0. The summed E-state index contributed by atoms with van der Waals surface area (Å²) in [5.74, 6) is -2.48. The van der Waals surface area contributed by atoms with Crippen LogP contribution < -0.4 is 21.7 Å². The van der Waals surface area contributed by atoms with Gasteiger partial charge in [0, 0.05) is 17.8 Å². The number of primary amides is 1. The normalized spacial score (nSPS) is 16.7. The maximum atomic E-state index is 13.4. The fraction of sp³-hybridized carbons (Fsp3) is 0.229. The molecular weight excluding hydrogens is 614 g/mol. The van der Waals surface area contributed by atoms with Crippen molar-refractivity contribution in [3.8, 4) is 0 Å². The average molecular weight is 650 g/mol. The summed E-state index contributed by atoms with van der Waals surface area (Å²) >= 11 is 0. The molecule has 0 bridgehead atoms. The number of carbonyl (C=O) groups is 4. The van der Waals surface area contributed by atoms with Crippen LogP contribution >= 0.6 is 0 Å². The number of nitrogens with one attached hydrogen (secondary N) is 3. The van der Waals surface area contributed by atoms with E-state index in [1.54, 1.807) is 0 Å². The number of rotatable bonds is 13. The van der Waals surface area contributed by atoms with Gasteiger partial charge in [-0.3, -0.25) is 9.59 Å². The molecule has 246 valence electrons. The van der Waals surface area contributed by atoms with E-state index in [0.717, 1.165) is 24.0 Å². The van der Waals surface area contributed by atoms with Gasteiger partial charge in [0.2, 0.25) is 11.9 Å². The number of amides is 2. The van der Waals surface area contributed by atoms with E-state index in [9.17, 15) is 19.2 Å². The zero-order valence-corrected chi connectivity index (χ0v) is 26.2. The quantitative estimate of drug-likeness (QED) is 0.119. The molecule has 13 heteroatoms. The van der Waals surface area contributed by atoms with Crippen LogP contribution in [0.4, 0.5) is 17.5 Å². The first-order valence-electron chi connectivity index (χ1n) is 15.3. The zero-order valence-electron chi connectivity index (χ0n) is 26.2. The van der Waals surface area contributed by atoms with Crippen molar-refractivity contribution in [2.24, 2.45) is 11.7 Å². The largest absolute Gasteiger partial charge is 0.457 e. The molecule has 0 radical (unpaired) electrons. The smallest absolute Gasteiger partial charge is 0.339 e. The van der Waals surface area contributed by atoms with Crippen LogP contribution in [0.1, 0.15) is 62.1 Å². The van der Waals surface area contributed by atoms with Crippen LogP contribution in [0.2, 0.25) is 0 Å². The van der Waals surface area contributed by atoms with Gasteiger partial charge in [0.25, 0.3) is 5.91 Å². The number of ether oxygens (including phenoxy) is 2. The van der Waals surface area contributed by atoms with E-state index in [-0.39, 0.29) is 71.4 Å². The standard InChI is InChI=1S/C35H35N7O6/c1-3-29(43)38-27-16-17-28(21(27)2)39-35-40-32(30(31(36)44)41-42-35)37-24-14-15-25(33(45)47-19-22-10-6-4-7-11-22)26(18-24)34(46)48-20-23-12-8-5-9-13-23/h3-15,18,21,27-28H,1,16-17,19-20H2,2H3,(H2,36,44)(H,38,43)(H2,37,39,40,42)/t21-,27?,28+/m0/s1. The fourth-order valence-corrected chi connectivity index (χ4v) is 5.33. The van der Waals surface area contributed by atoms with E-state index in [1.807, 2.05) is 67.6 Å². The number of benzene rings is 3. The molecule has 1 aliphatic rings. The molecule has 3 atom stereocenters. The third kappa shape index (κ3) is 8.37. The highest BCUT2D eigenvalue weighted by molar-refractivity contribution is 6.04. The number of hydrogen-bond donors (Lipinski definition) is 4. The number of esters is 2. The molecule has 5 N–H and O–H groups in total. The number of carbonyl (C=O) groups excluding carboxylic acids is 4. The Morgan fingerprint density at radius 1 is 0.854 bits per heavy atom. The van der Waals surface area contributed by atoms with Crippen molar-refractivity contribution in [2.75, 3.05) is 10.6 Å². The number of nitrogens with two attached hydrogens (primary N) is 1. The summed E-state index contributed by atoms with van der Waals surface area (Å²) in [6, 6.07) is 22.4. The summed E-state index contributed by atoms with van der Waals surface area (Å²) in [7, 11) is 0. The summed E-state index contributed by atoms with van der Waals surface area (Å²) in [5, 5.41) is 17.2. The number of aromatic nitrogens is 3. The van der Waals surface area contributed by atoms with Gasteiger partial charge in [-0.15, -0.1) is 10.2 Å². The summed E-state index contributed by atoms with van der Waals surface area (Å²) in [5.41, 5.74) is 7.08. The number of hydrogen-bond acceptors (Lipinski definition) is 11. The second-order valence-electron chi connectivity index (χ2n) is 11.2. The van der Waals surface area contributed by atoms with Crippen molar-refractivity contribution in [3.63, 3.8) is 0 Å². The van der Waals surface area contributed by atoms with Gasteiger partial charge >= 0.3 is 11.9 Å². The third-order valence-corrected chi connectivity index (χ3v) is 7.95. The number of nitrogens with zero attached hydrogens (tertiary/aromatic N) is 3. The molecule has 0 spiro atoms. The first-order valence-corrected chi connectivity index (χ1v) is 15.3. The maximum absolute atomic E-state index is 13.4. The third-order valence-electron chi connectivity index (χ3n) is 7.95. The minimum atomic E-state index is -0.880. The predicted molar refractivity (Wildman–Crippen MR) is 177 cm³/mol. The topological polar surface area (TPSA) is 188 Å². The molecular formula is C35H35N7O6. The molecule has 1 aromatic heterocycles. The first-order chi connectivity index (χ1) is 23.2. The average Bonchev–Trinajstić information content (AvgIpc) is 3.44. The van der Waals surface area contributed by atoms with Crippen molar-refractivity contribution in [3.05, 3.63) is 119 Å². The van der Waals surface area contributed by atoms with Gasteiger partial charge in [-0.05, 0) is 54.2 Å². The van der Waals surface area contributed by atoms with Crippen LogP contribution in [0.3, 0.4) is 0 Å². The summed E-state index contributed by atoms with van der Waals surface area (Å²) in [4.78, 5) is 55.1. The Balaban J connectivity index is 1.38. The fourth-order valence-electron chi connectivity index (χ4n) is 5.33. The molecule has 4 aromatic rings. The second-order valence-corrected chi connectivity index (χ2v) is 11.2. The Morgan fingerprint density at radius 2 is 1.46 bits per heavy atom. The lowest BCUT2D eigenvalue weighted by Crippen LogP contribution is -2.39. The highest BCUT2D eigenvalue weighted by atomic mass is 16.5. The van der Waals surface area contributed by atoms with Crippen molar-refractivity contribution < 1.29 is 28.7 Å². The second kappa shape index (κ2) is 15.5. The van der Waals surface area contributed by atoms with Gasteiger partial charge in [0.15, 0.2) is 11.5 Å². The molecule has 5 rings (SSSR count). The molecule has 1 saturated carbocycles. The van der Waals surface area contributed by atoms with Crippen molar-refractivity contribution in [2.45, 2.75) is 45.1 Å². The van der Waals surface area contributed by atoms with E-state index < -0.39 is 17.8 Å². The van der Waals surface area contributed by atoms with Gasteiger partial charge in [0.05, 0.1) is 11.1 Å². The van der Waals surface area contributed by atoms with Gasteiger partial charge < -0.3 is 31.2 Å². The van der Waals surface area contributed by atoms with Gasteiger partial charge in [-0.2, -0.15) is 4.98 Å². The monoisotopic (exact) mass is 649 g/mol. The van der Waals surface area contributed by atoms with Crippen LogP contribution in [0.25, 0.3) is 0 Å². The van der Waals surface area contributed by atoms with E-state index in [1.165, 1.54) is 24.3 Å². The van der Waals surface area contributed by atoms with Gasteiger partial charge in [-0.1, -0.05) is 74.2 Å². The Bertz CT molecular complexity index is 1800. The summed E-state index contributed by atoms with van der Waals surface area (Å²) in [6.07, 6.45) is 2.69. The van der Waals surface area contributed by atoms with Crippen molar-refractivity contribution >= 4 is 41.2 Å². The predicted octanol–water partition coefficient (Wildman–Crippen LogP) is 4.31. The molecule has 2 amide bonds. The van der Waals surface area contributed by atoms with E-state index in [2.05, 4.69) is 37.7 Å². The molecule has 13 nitrogen and oxygen atoms in total. The van der Waals surface area contributed by atoms with Gasteiger partial charge in [0.1, 0.15) is 13.2 Å². The Morgan fingerprint density at radius 3 is 2.06 bits per heavy atom. The molecule has 0 aliphatic heterocycles.